The van der Waals surface area contributed by atoms with Crippen LogP contribution in [0.5, 0.6) is 5.75 Å². The Balaban J connectivity index is 1.99. The molecule has 0 aliphatic carbocycles. The van der Waals surface area contributed by atoms with Gasteiger partial charge in [-0.2, -0.15) is 0 Å². The second-order valence-electron chi connectivity index (χ2n) is 5.55. The lowest BCUT2D eigenvalue weighted by Gasteiger charge is -2.12. The van der Waals surface area contributed by atoms with Crippen LogP contribution in [0.25, 0.3) is 0 Å². The van der Waals surface area contributed by atoms with E-state index in [9.17, 15) is 9.59 Å². The number of ether oxygens (including phenoxy) is 1. The largest absolute Gasteiger partial charge is 0.483 e. The third kappa shape index (κ3) is 5.60. The highest BCUT2D eigenvalue weighted by Crippen LogP contribution is 2.22. The molecule has 25 heavy (non-hydrogen) atoms. The van der Waals surface area contributed by atoms with Gasteiger partial charge in [-0.15, -0.1) is 0 Å². The molecule has 0 heterocycles. The van der Waals surface area contributed by atoms with Crippen molar-refractivity contribution < 1.29 is 14.3 Å². The Morgan fingerprint density at radius 1 is 1.16 bits per heavy atom. The van der Waals surface area contributed by atoms with E-state index in [1.54, 1.807) is 30.3 Å². The van der Waals surface area contributed by atoms with Crippen molar-refractivity contribution in [3.8, 4) is 5.75 Å². The highest BCUT2D eigenvalue weighted by molar-refractivity contribution is 9.10. The van der Waals surface area contributed by atoms with E-state index in [2.05, 4.69) is 26.6 Å². The summed E-state index contributed by atoms with van der Waals surface area (Å²) in [5.41, 5.74) is 1.84. The quantitative estimate of drug-likeness (QED) is 0.734. The predicted octanol–water partition coefficient (Wildman–Crippen LogP) is 3.91. The van der Waals surface area contributed by atoms with Gasteiger partial charge in [0.15, 0.2) is 6.61 Å². The Morgan fingerprint density at radius 3 is 2.64 bits per heavy atom. The molecule has 132 valence electrons. The fourth-order valence-electron chi connectivity index (χ4n) is 2.23. The standard InChI is InChI=1S/C19H21BrN2O3/c1-3-10-21-19(24)15-6-4-5-7-16(15)22-18(23)12-25-17-9-8-14(20)11-13(17)2/h4-9,11H,3,10,12H2,1-2H3,(H,21,24)(H,22,23). The molecule has 0 aliphatic heterocycles. The zero-order valence-electron chi connectivity index (χ0n) is 14.3. The summed E-state index contributed by atoms with van der Waals surface area (Å²) in [5.74, 6) is 0.118. The minimum absolute atomic E-state index is 0.132. The number of carbonyl (C=O) groups excluding carboxylic acids is 2. The molecule has 2 rings (SSSR count). The number of hydrogen-bond donors (Lipinski definition) is 2. The molecule has 2 aromatic carbocycles. The maximum absolute atomic E-state index is 12.2. The van der Waals surface area contributed by atoms with Crippen molar-refractivity contribution in [1.82, 2.24) is 5.32 Å². The highest BCUT2D eigenvalue weighted by Gasteiger charge is 2.13. The minimum Gasteiger partial charge on any atom is -0.483 e. The molecule has 5 nitrogen and oxygen atoms in total. The molecule has 2 aromatic rings. The first kappa shape index (κ1) is 19.0. The average Bonchev–Trinajstić information content (AvgIpc) is 2.59. The molecule has 0 atom stereocenters. The maximum Gasteiger partial charge on any atom is 0.262 e. The van der Waals surface area contributed by atoms with Crippen LogP contribution < -0.4 is 15.4 Å². The molecule has 2 amide bonds. The molecule has 0 aromatic heterocycles. The number of nitrogens with one attached hydrogen (secondary N) is 2. The fraction of sp³-hybridized carbons (Fsp3) is 0.263. The van der Waals surface area contributed by atoms with Crippen molar-refractivity contribution in [3.05, 3.63) is 58.1 Å². The Labute approximate surface area is 155 Å². The molecule has 6 heteroatoms. The van der Waals surface area contributed by atoms with Crippen LogP contribution in [0.1, 0.15) is 29.3 Å². The normalized spacial score (nSPS) is 10.2. The van der Waals surface area contributed by atoms with Gasteiger partial charge in [0.25, 0.3) is 11.8 Å². The third-order valence-electron chi connectivity index (χ3n) is 3.48. The van der Waals surface area contributed by atoms with Crippen molar-refractivity contribution in [2.24, 2.45) is 0 Å². The number of amides is 2. The zero-order chi connectivity index (χ0) is 18.2. The Morgan fingerprint density at radius 2 is 1.92 bits per heavy atom. The summed E-state index contributed by atoms with van der Waals surface area (Å²) in [6.45, 7) is 4.35. The lowest BCUT2D eigenvalue weighted by atomic mass is 10.1. The first-order valence-corrected chi connectivity index (χ1v) is 8.86. The molecule has 2 N–H and O–H groups in total. The predicted molar refractivity (Wildman–Crippen MR) is 102 cm³/mol. The van der Waals surface area contributed by atoms with Gasteiger partial charge in [0.1, 0.15) is 5.75 Å². The van der Waals surface area contributed by atoms with Crippen molar-refractivity contribution in [2.75, 3.05) is 18.5 Å². The van der Waals surface area contributed by atoms with Crippen molar-refractivity contribution in [3.63, 3.8) is 0 Å². The van der Waals surface area contributed by atoms with Gasteiger partial charge in [-0.3, -0.25) is 9.59 Å². The molecule has 0 bridgehead atoms. The van der Waals surface area contributed by atoms with Gasteiger partial charge in [-0.05, 0) is 49.2 Å². The van der Waals surface area contributed by atoms with Gasteiger partial charge in [0.05, 0.1) is 11.3 Å². The van der Waals surface area contributed by atoms with Crippen LogP contribution in [-0.4, -0.2) is 25.0 Å². The Hall–Kier alpha value is -2.34. The van der Waals surface area contributed by atoms with Gasteiger partial charge in [0, 0.05) is 11.0 Å². The first-order valence-electron chi connectivity index (χ1n) is 8.07. The van der Waals surface area contributed by atoms with E-state index in [1.807, 2.05) is 26.0 Å². The van der Waals surface area contributed by atoms with Crippen molar-refractivity contribution in [1.29, 1.82) is 0 Å². The highest BCUT2D eigenvalue weighted by atomic mass is 79.9. The number of carbonyl (C=O) groups is 2. The third-order valence-corrected chi connectivity index (χ3v) is 3.97. The lowest BCUT2D eigenvalue weighted by Crippen LogP contribution is -2.27. The van der Waals surface area contributed by atoms with Crippen LogP contribution in [0.4, 0.5) is 5.69 Å². The van der Waals surface area contributed by atoms with E-state index in [-0.39, 0.29) is 18.4 Å². The number of halogens is 1. The molecule has 0 unspecified atom stereocenters. The topological polar surface area (TPSA) is 67.4 Å². The number of para-hydroxylation sites is 1. The molecule has 0 fully saturated rings. The van der Waals surface area contributed by atoms with E-state index >= 15 is 0 Å². The van der Waals surface area contributed by atoms with E-state index in [4.69, 9.17) is 4.74 Å². The SMILES string of the molecule is CCCNC(=O)c1ccccc1NC(=O)COc1ccc(Br)cc1C. The van der Waals surface area contributed by atoms with Crippen LogP contribution >= 0.6 is 15.9 Å². The molecule has 0 aliphatic rings. The fourth-order valence-corrected chi connectivity index (χ4v) is 2.70. The van der Waals surface area contributed by atoms with Crippen LogP contribution in [0.15, 0.2) is 46.9 Å². The lowest BCUT2D eigenvalue weighted by molar-refractivity contribution is -0.118. The minimum atomic E-state index is -0.321. The summed E-state index contributed by atoms with van der Waals surface area (Å²) in [4.78, 5) is 24.3. The summed E-state index contributed by atoms with van der Waals surface area (Å²) in [6.07, 6.45) is 0.848. The molecule has 0 saturated carbocycles. The first-order chi connectivity index (χ1) is 12.0. The molecule has 0 radical (unpaired) electrons. The monoisotopic (exact) mass is 404 g/mol. The molecule has 0 saturated heterocycles. The summed E-state index contributed by atoms with van der Waals surface area (Å²) in [7, 11) is 0. The summed E-state index contributed by atoms with van der Waals surface area (Å²) < 4.78 is 6.51. The zero-order valence-corrected chi connectivity index (χ0v) is 15.9. The Kier molecular flexibility index (Phi) is 7.01. The smallest absolute Gasteiger partial charge is 0.262 e. The summed E-state index contributed by atoms with van der Waals surface area (Å²) in [5, 5.41) is 5.54. The van der Waals surface area contributed by atoms with Gasteiger partial charge in [-0.1, -0.05) is 35.0 Å². The van der Waals surface area contributed by atoms with Crippen LogP contribution in [0, 0.1) is 6.92 Å². The second-order valence-corrected chi connectivity index (χ2v) is 6.46. The molecule has 0 spiro atoms. The van der Waals surface area contributed by atoms with Crippen LogP contribution in [0.3, 0.4) is 0 Å². The Bertz CT molecular complexity index is 762. The average molecular weight is 405 g/mol. The van der Waals surface area contributed by atoms with Crippen LogP contribution in [-0.2, 0) is 4.79 Å². The molecular formula is C19H21BrN2O3. The van der Waals surface area contributed by atoms with E-state index < -0.39 is 0 Å². The van der Waals surface area contributed by atoms with Gasteiger partial charge >= 0.3 is 0 Å². The van der Waals surface area contributed by atoms with E-state index in [0.717, 1.165) is 16.5 Å². The number of anilines is 1. The van der Waals surface area contributed by atoms with E-state index in [0.29, 0.717) is 23.5 Å². The number of aryl methyl sites for hydroxylation is 1. The number of benzene rings is 2. The number of hydrogen-bond acceptors (Lipinski definition) is 3. The number of rotatable bonds is 7. The van der Waals surface area contributed by atoms with Gasteiger partial charge in [-0.25, -0.2) is 0 Å². The summed E-state index contributed by atoms with van der Waals surface area (Å²) in [6, 6.07) is 12.5. The van der Waals surface area contributed by atoms with Crippen molar-refractivity contribution in [2.45, 2.75) is 20.3 Å². The second kappa shape index (κ2) is 9.22. The maximum atomic E-state index is 12.2. The molecular weight excluding hydrogens is 384 g/mol. The van der Waals surface area contributed by atoms with Crippen molar-refractivity contribution >= 4 is 33.4 Å². The van der Waals surface area contributed by atoms with E-state index in [1.165, 1.54) is 0 Å². The summed E-state index contributed by atoms with van der Waals surface area (Å²) >= 11 is 3.39. The van der Waals surface area contributed by atoms with Gasteiger partial charge < -0.3 is 15.4 Å². The van der Waals surface area contributed by atoms with Gasteiger partial charge in [0.2, 0.25) is 0 Å². The van der Waals surface area contributed by atoms with Crippen LogP contribution in [0.2, 0.25) is 0 Å².